The van der Waals surface area contributed by atoms with Crippen molar-refractivity contribution in [1.29, 1.82) is 0 Å². The van der Waals surface area contributed by atoms with Gasteiger partial charge < -0.3 is 64.9 Å². The Morgan fingerprint density at radius 2 is 0.800 bits per heavy atom. The van der Waals surface area contributed by atoms with Gasteiger partial charge in [-0.15, -0.1) is 0 Å². The molecule has 0 fully saturated rings. The number of hydrogen-bond acceptors (Lipinski definition) is 4. The van der Waals surface area contributed by atoms with E-state index in [2.05, 4.69) is 0 Å². The molecule has 0 aromatic heterocycles. The van der Waals surface area contributed by atoms with E-state index >= 15 is 0 Å². The Morgan fingerprint density at radius 1 is 0.600 bits per heavy atom. The molecule has 0 bridgehead atoms. The van der Waals surface area contributed by atoms with Crippen LogP contribution in [0.3, 0.4) is 0 Å². The molecule has 0 heterocycles. The van der Waals surface area contributed by atoms with Crippen molar-refractivity contribution in [1.82, 2.24) is 4.90 Å². The second-order valence-corrected chi connectivity index (χ2v) is 2.01. The summed E-state index contributed by atoms with van der Waals surface area (Å²) in [6, 6.07) is 0. The zero-order chi connectivity index (χ0) is 7.82. The number of nitrogens with zero attached hydrogens (tertiary/aromatic N) is 1. The molecule has 94 valence electrons. The van der Waals surface area contributed by atoms with E-state index in [1.54, 1.807) is 4.90 Å². The van der Waals surface area contributed by atoms with E-state index in [1.165, 1.54) is 0 Å². The van der Waals surface area contributed by atoms with Gasteiger partial charge in [-0.3, -0.25) is 4.90 Å². The molecule has 0 saturated heterocycles. The van der Waals surface area contributed by atoms with Crippen LogP contribution in [0.1, 0.15) is 0 Å². The largest absolute Gasteiger partial charge is 4.00 e. The topological polar surface area (TPSA) is 63.9 Å². The van der Waals surface area contributed by atoms with Crippen LogP contribution in [-0.4, -0.2) is 59.7 Å². The molecular formula is C6H15Cl4NO3Ti. The van der Waals surface area contributed by atoms with Crippen LogP contribution in [0.2, 0.25) is 0 Å². The molecule has 0 rings (SSSR count). The van der Waals surface area contributed by atoms with Crippen LogP contribution >= 0.6 is 0 Å². The van der Waals surface area contributed by atoms with E-state index < -0.39 is 0 Å². The maximum Gasteiger partial charge on any atom is 4.00 e. The first-order chi connectivity index (χ1) is 4.85. The maximum absolute atomic E-state index is 8.48. The molecule has 0 saturated carbocycles. The molecule has 0 spiro atoms. The van der Waals surface area contributed by atoms with Gasteiger partial charge in [0, 0.05) is 19.6 Å². The summed E-state index contributed by atoms with van der Waals surface area (Å²) in [7, 11) is 0. The summed E-state index contributed by atoms with van der Waals surface area (Å²) in [5.74, 6) is 0. The van der Waals surface area contributed by atoms with Gasteiger partial charge in [-0.25, -0.2) is 0 Å². The molecule has 4 nitrogen and oxygen atoms in total. The smallest absolute Gasteiger partial charge is 1.00 e. The zero-order valence-corrected chi connectivity index (χ0v) is 12.6. The van der Waals surface area contributed by atoms with Gasteiger partial charge in [0.15, 0.2) is 0 Å². The molecule has 0 aliphatic heterocycles. The third-order valence-electron chi connectivity index (χ3n) is 1.25. The molecule has 3 N–H and O–H groups in total. The van der Waals surface area contributed by atoms with Crippen molar-refractivity contribution < 1.29 is 86.7 Å². The second kappa shape index (κ2) is 29.6. The van der Waals surface area contributed by atoms with Gasteiger partial charge in [0.25, 0.3) is 0 Å². The normalized spacial score (nSPS) is 7.20. The first kappa shape index (κ1) is 36.0. The minimum atomic E-state index is 0. The zero-order valence-electron chi connectivity index (χ0n) is 8.04. The Hall–Kier alpha value is 1.71. The number of halogens is 4. The van der Waals surface area contributed by atoms with Crippen LogP contribution in [0.4, 0.5) is 0 Å². The van der Waals surface area contributed by atoms with Crippen LogP contribution in [0.15, 0.2) is 0 Å². The predicted octanol–water partition coefficient (Wildman–Crippen LogP) is -13.7. The predicted molar refractivity (Wildman–Crippen MR) is 37.7 cm³/mol. The summed E-state index contributed by atoms with van der Waals surface area (Å²) in [5, 5.41) is 25.5. The minimum Gasteiger partial charge on any atom is -1.00 e. The van der Waals surface area contributed by atoms with Crippen LogP contribution in [-0.2, 0) is 21.7 Å². The van der Waals surface area contributed by atoms with Crippen LogP contribution in [0.5, 0.6) is 0 Å². The first-order valence-corrected chi connectivity index (χ1v) is 3.40. The van der Waals surface area contributed by atoms with E-state index in [-0.39, 0.29) is 91.2 Å². The molecule has 0 atom stereocenters. The fourth-order valence-corrected chi connectivity index (χ4v) is 0.760. The molecule has 0 amide bonds. The van der Waals surface area contributed by atoms with Crippen molar-refractivity contribution in [2.24, 2.45) is 0 Å². The van der Waals surface area contributed by atoms with Crippen molar-refractivity contribution in [3.63, 3.8) is 0 Å². The Morgan fingerprint density at radius 3 is 0.933 bits per heavy atom. The third-order valence-corrected chi connectivity index (χ3v) is 1.25. The van der Waals surface area contributed by atoms with E-state index in [0.29, 0.717) is 19.6 Å². The van der Waals surface area contributed by atoms with Crippen molar-refractivity contribution in [3.8, 4) is 0 Å². The van der Waals surface area contributed by atoms with Crippen LogP contribution in [0.25, 0.3) is 0 Å². The van der Waals surface area contributed by atoms with Crippen LogP contribution in [0, 0.1) is 0 Å². The quantitative estimate of drug-likeness (QED) is 0.421. The maximum atomic E-state index is 8.48. The molecule has 15 heavy (non-hydrogen) atoms. The minimum absolute atomic E-state index is 0. The van der Waals surface area contributed by atoms with Crippen molar-refractivity contribution in [2.75, 3.05) is 39.5 Å². The van der Waals surface area contributed by atoms with Crippen molar-refractivity contribution >= 4 is 0 Å². The molecule has 0 aliphatic carbocycles. The Kier molecular flexibility index (Phi) is 71.0. The van der Waals surface area contributed by atoms with Crippen molar-refractivity contribution in [3.05, 3.63) is 0 Å². The number of aliphatic hydroxyl groups excluding tert-OH is 3. The number of hydrogen-bond donors (Lipinski definition) is 3. The summed E-state index contributed by atoms with van der Waals surface area (Å²) >= 11 is 0. The molecular weight excluding hydrogens is 324 g/mol. The Bertz CT molecular complexity index is 73.1. The fraction of sp³-hybridized carbons (Fsp3) is 1.00. The average Bonchev–Trinajstić information content (AvgIpc) is 1.90. The molecule has 0 aromatic rings. The van der Waals surface area contributed by atoms with E-state index in [9.17, 15) is 0 Å². The van der Waals surface area contributed by atoms with Crippen LogP contribution < -0.4 is 49.6 Å². The molecule has 0 aromatic carbocycles. The Labute approximate surface area is 130 Å². The van der Waals surface area contributed by atoms with Gasteiger partial charge in [-0.1, -0.05) is 0 Å². The SMILES string of the molecule is OCCN(CCO)CCO.[Cl-].[Cl-].[Cl-].[Cl-].[Ti+4]. The van der Waals surface area contributed by atoms with Gasteiger partial charge in [-0.05, 0) is 0 Å². The average molecular weight is 339 g/mol. The summed E-state index contributed by atoms with van der Waals surface area (Å²) in [4.78, 5) is 1.79. The van der Waals surface area contributed by atoms with Crippen molar-refractivity contribution in [2.45, 2.75) is 0 Å². The summed E-state index contributed by atoms with van der Waals surface area (Å²) in [6.07, 6.45) is 0. The van der Waals surface area contributed by atoms with E-state index in [1.807, 2.05) is 0 Å². The summed E-state index contributed by atoms with van der Waals surface area (Å²) in [5.41, 5.74) is 0. The first-order valence-electron chi connectivity index (χ1n) is 3.40. The number of rotatable bonds is 6. The second-order valence-electron chi connectivity index (χ2n) is 2.01. The standard InChI is InChI=1S/C6H15NO3.4ClH.Ti/c8-4-1-7(2-5-9)3-6-10;;;;;/h8-10H,1-6H2;4*1H;/q;;;;;+4/p-4. The fourth-order valence-electron chi connectivity index (χ4n) is 0.760. The van der Waals surface area contributed by atoms with E-state index in [4.69, 9.17) is 15.3 Å². The summed E-state index contributed by atoms with van der Waals surface area (Å²) in [6.45, 7) is 1.75. The number of aliphatic hydroxyl groups is 3. The molecule has 0 radical (unpaired) electrons. The molecule has 0 unspecified atom stereocenters. The van der Waals surface area contributed by atoms with Gasteiger partial charge in [0.05, 0.1) is 19.8 Å². The summed E-state index contributed by atoms with van der Waals surface area (Å²) < 4.78 is 0. The molecule has 9 heteroatoms. The van der Waals surface area contributed by atoms with Gasteiger partial charge >= 0.3 is 21.7 Å². The van der Waals surface area contributed by atoms with E-state index in [0.717, 1.165) is 0 Å². The van der Waals surface area contributed by atoms with Gasteiger partial charge in [-0.2, -0.15) is 0 Å². The van der Waals surface area contributed by atoms with Gasteiger partial charge in [0.2, 0.25) is 0 Å². The monoisotopic (exact) mass is 337 g/mol. The van der Waals surface area contributed by atoms with Gasteiger partial charge in [0.1, 0.15) is 0 Å². The Balaban J connectivity index is -0.0000000405. The molecule has 0 aliphatic rings. The third kappa shape index (κ3) is 25.7.